The van der Waals surface area contributed by atoms with E-state index in [9.17, 15) is 9.90 Å². The lowest BCUT2D eigenvalue weighted by Crippen LogP contribution is -2.22. The van der Waals surface area contributed by atoms with Crippen LogP contribution in [0.2, 0.25) is 0 Å². The summed E-state index contributed by atoms with van der Waals surface area (Å²) in [6, 6.07) is 5.85. The van der Waals surface area contributed by atoms with Crippen LogP contribution in [-0.2, 0) is 11.2 Å². The molecule has 0 saturated heterocycles. The van der Waals surface area contributed by atoms with Crippen LogP contribution in [0.3, 0.4) is 0 Å². The lowest BCUT2D eigenvalue weighted by atomic mass is 9.97. The lowest BCUT2D eigenvalue weighted by Gasteiger charge is -2.20. The van der Waals surface area contributed by atoms with Gasteiger partial charge in [-0.25, -0.2) is 0 Å². The highest BCUT2D eigenvalue weighted by Gasteiger charge is 2.16. The Morgan fingerprint density at radius 3 is 3.00 bits per heavy atom. The van der Waals surface area contributed by atoms with E-state index in [1.807, 2.05) is 25.2 Å². The van der Waals surface area contributed by atoms with Crippen molar-refractivity contribution < 1.29 is 9.90 Å². The Balaban J connectivity index is 2.28. The predicted octanol–water partition coefficient (Wildman–Crippen LogP) is 0.824. The quantitative estimate of drug-likeness (QED) is 0.707. The highest BCUT2D eigenvalue weighted by molar-refractivity contribution is 5.93. The monoisotopic (exact) mass is 220 g/mol. The molecule has 0 aromatic heterocycles. The average molecular weight is 220 g/mol. The second-order valence-electron chi connectivity index (χ2n) is 3.99. The fourth-order valence-corrected chi connectivity index (χ4v) is 1.98. The molecule has 1 amide bonds. The molecule has 1 aromatic carbocycles. The summed E-state index contributed by atoms with van der Waals surface area (Å²) >= 11 is 0. The Bertz CT molecular complexity index is 400. The number of fused-ring (bicyclic) bond motifs is 1. The maximum atomic E-state index is 11.2. The van der Waals surface area contributed by atoms with Crippen molar-refractivity contribution in [3.05, 3.63) is 29.3 Å². The van der Waals surface area contributed by atoms with Crippen molar-refractivity contribution in [1.29, 1.82) is 0 Å². The van der Waals surface area contributed by atoms with Gasteiger partial charge in [0.1, 0.15) is 0 Å². The molecule has 0 aliphatic carbocycles. The smallest absolute Gasteiger partial charge is 0.224 e. The van der Waals surface area contributed by atoms with Crippen molar-refractivity contribution in [2.45, 2.75) is 18.9 Å². The minimum atomic E-state index is -0.0390. The van der Waals surface area contributed by atoms with Crippen molar-refractivity contribution in [2.75, 3.05) is 19.0 Å². The Hall–Kier alpha value is -1.39. The number of amides is 1. The third kappa shape index (κ3) is 2.08. The Kier molecular flexibility index (Phi) is 3.22. The van der Waals surface area contributed by atoms with Gasteiger partial charge in [-0.15, -0.1) is 0 Å². The van der Waals surface area contributed by atoms with E-state index in [0.29, 0.717) is 6.42 Å². The van der Waals surface area contributed by atoms with Crippen LogP contribution in [0.1, 0.15) is 23.6 Å². The predicted molar refractivity (Wildman–Crippen MR) is 62.3 cm³/mol. The highest BCUT2D eigenvalue weighted by atomic mass is 16.3. The zero-order valence-corrected chi connectivity index (χ0v) is 9.29. The minimum absolute atomic E-state index is 0.0390. The number of carbonyl (C=O) groups is 1. The topological polar surface area (TPSA) is 61.4 Å². The number of carbonyl (C=O) groups excluding carboxylic acids is 1. The van der Waals surface area contributed by atoms with Gasteiger partial charge in [-0.2, -0.15) is 0 Å². The maximum absolute atomic E-state index is 11.2. The van der Waals surface area contributed by atoms with Crippen LogP contribution in [-0.4, -0.2) is 24.7 Å². The summed E-state index contributed by atoms with van der Waals surface area (Å²) < 4.78 is 0. The molecule has 1 aromatic rings. The number of rotatable bonds is 3. The molecular weight excluding hydrogens is 204 g/mol. The standard InChI is InChI=1S/C12H16N2O2/c1-13-11(7-15)9-2-4-10-8(6-9)3-5-12(16)14-10/h2,4,6,11,13,15H,3,5,7H2,1H3,(H,14,16). The summed E-state index contributed by atoms with van der Waals surface area (Å²) in [5.41, 5.74) is 3.10. The van der Waals surface area contributed by atoms with Crippen molar-refractivity contribution in [1.82, 2.24) is 5.32 Å². The molecule has 1 aliphatic heterocycles. The Morgan fingerprint density at radius 2 is 2.31 bits per heavy atom. The van der Waals surface area contributed by atoms with E-state index in [1.54, 1.807) is 0 Å². The van der Waals surface area contributed by atoms with Gasteiger partial charge in [0.15, 0.2) is 0 Å². The van der Waals surface area contributed by atoms with Crippen molar-refractivity contribution in [3.8, 4) is 0 Å². The van der Waals surface area contributed by atoms with Crippen molar-refractivity contribution in [3.63, 3.8) is 0 Å². The van der Waals surface area contributed by atoms with E-state index < -0.39 is 0 Å². The summed E-state index contributed by atoms with van der Waals surface area (Å²) in [7, 11) is 1.82. The zero-order chi connectivity index (χ0) is 11.5. The maximum Gasteiger partial charge on any atom is 0.224 e. The molecule has 16 heavy (non-hydrogen) atoms. The number of aliphatic hydroxyl groups excluding tert-OH is 1. The number of benzene rings is 1. The molecule has 1 heterocycles. The Morgan fingerprint density at radius 1 is 1.50 bits per heavy atom. The first-order valence-corrected chi connectivity index (χ1v) is 5.45. The molecular formula is C12H16N2O2. The van der Waals surface area contributed by atoms with Gasteiger partial charge in [0, 0.05) is 12.1 Å². The molecule has 4 heteroatoms. The van der Waals surface area contributed by atoms with Crippen molar-refractivity contribution >= 4 is 11.6 Å². The van der Waals surface area contributed by atoms with Gasteiger partial charge in [0.25, 0.3) is 0 Å². The van der Waals surface area contributed by atoms with Gasteiger partial charge in [-0.3, -0.25) is 4.79 Å². The molecule has 0 fully saturated rings. The van der Waals surface area contributed by atoms with Gasteiger partial charge in [-0.05, 0) is 30.7 Å². The number of nitrogens with one attached hydrogen (secondary N) is 2. The third-order valence-corrected chi connectivity index (χ3v) is 2.96. The number of aliphatic hydroxyl groups is 1. The second-order valence-corrected chi connectivity index (χ2v) is 3.99. The first-order valence-electron chi connectivity index (χ1n) is 5.45. The third-order valence-electron chi connectivity index (χ3n) is 2.96. The van der Waals surface area contributed by atoms with E-state index in [2.05, 4.69) is 10.6 Å². The van der Waals surface area contributed by atoms with Crippen LogP contribution >= 0.6 is 0 Å². The fraction of sp³-hybridized carbons (Fsp3) is 0.417. The molecule has 0 saturated carbocycles. The molecule has 4 nitrogen and oxygen atoms in total. The molecule has 1 unspecified atom stereocenters. The van der Waals surface area contributed by atoms with Gasteiger partial charge >= 0.3 is 0 Å². The van der Waals surface area contributed by atoms with Gasteiger partial charge < -0.3 is 15.7 Å². The molecule has 1 atom stereocenters. The lowest BCUT2D eigenvalue weighted by molar-refractivity contribution is -0.116. The summed E-state index contributed by atoms with van der Waals surface area (Å²) in [5.74, 6) is 0.0765. The Labute approximate surface area is 94.7 Å². The summed E-state index contributed by atoms with van der Waals surface area (Å²) in [6.07, 6.45) is 1.32. The molecule has 0 spiro atoms. The van der Waals surface area contributed by atoms with Crippen LogP contribution in [0.5, 0.6) is 0 Å². The first-order chi connectivity index (χ1) is 7.74. The van der Waals surface area contributed by atoms with Gasteiger partial charge in [0.2, 0.25) is 5.91 Å². The van der Waals surface area contributed by atoms with Crippen LogP contribution in [0, 0.1) is 0 Å². The highest BCUT2D eigenvalue weighted by Crippen LogP contribution is 2.25. The molecule has 1 aliphatic rings. The number of likely N-dealkylation sites (N-methyl/N-ethyl adjacent to an activating group) is 1. The fourth-order valence-electron chi connectivity index (χ4n) is 1.98. The molecule has 0 radical (unpaired) electrons. The van der Waals surface area contributed by atoms with E-state index in [0.717, 1.165) is 23.2 Å². The van der Waals surface area contributed by atoms with E-state index in [1.165, 1.54) is 0 Å². The second kappa shape index (κ2) is 4.63. The van der Waals surface area contributed by atoms with Crippen LogP contribution < -0.4 is 10.6 Å². The van der Waals surface area contributed by atoms with Crippen LogP contribution in [0.15, 0.2) is 18.2 Å². The normalized spacial score (nSPS) is 16.5. The van der Waals surface area contributed by atoms with Gasteiger partial charge in [0.05, 0.1) is 12.6 Å². The average Bonchev–Trinajstić information content (AvgIpc) is 2.31. The van der Waals surface area contributed by atoms with E-state index in [4.69, 9.17) is 0 Å². The SMILES string of the molecule is CNC(CO)c1ccc2c(c1)CCC(=O)N2. The van der Waals surface area contributed by atoms with Crippen molar-refractivity contribution in [2.24, 2.45) is 0 Å². The van der Waals surface area contributed by atoms with Crippen LogP contribution in [0.25, 0.3) is 0 Å². The summed E-state index contributed by atoms with van der Waals surface area (Å²) in [6.45, 7) is 0.0711. The molecule has 86 valence electrons. The zero-order valence-electron chi connectivity index (χ0n) is 9.29. The number of aryl methyl sites for hydroxylation is 1. The number of hydrogen-bond donors (Lipinski definition) is 3. The molecule has 0 bridgehead atoms. The van der Waals surface area contributed by atoms with E-state index >= 15 is 0 Å². The number of anilines is 1. The largest absolute Gasteiger partial charge is 0.394 e. The summed E-state index contributed by atoms with van der Waals surface area (Å²) in [5, 5.41) is 15.1. The van der Waals surface area contributed by atoms with Crippen LogP contribution in [0.4, 0.5) is 5.69 Å². The summed E-state index contributed by atoms with van der Waals surface area (Å²) in [4.78, 5) is 11.2. The first kappa shape index (κ1) is 11.1. The number of hydrogen-bond acceptors (Lipinski definition) is 3. The molecule has 3 N–H and O–H groups in total. The molecule has 2 rings (SSSR count). The van der Waals surface area contributed by atoms with E-state index in [-0.39, 0.29) is 18.6 Å². The minimum Gasteiger partial charge on any atom is -0.394 e. The van der Waals surface area contributed by atoms with Gasteiger partial charge in [-0.1, -0.05) is 12.1 Å².